The minimum atomic E-state index is -3.40. The molecule has 3 heterocycles. The van der Waals surface area contributed by atoms with E-state index in [0.717, 1.165) is 43.4 Å². The van der Waals surface area contributed by atoms with E-state index in [1.807, 2.05) is 31.7 Å². The number of ether oxygens (including phenoxy) is 1. The third-order valence-electron chi connectivity index (χ3n) is 7.26. The number of hydrogen-bond acceptors (Lipinski definition) is 8. The molecule has 10 heteroatoms. The van der Waals surface area contributed by atoms with Crippen LogP contribution in [0, 0.1) is 0 Å². The highest BCUT2D eigenvalue weighted by molar-refractivity contribution is 8.25. The van der Waals surface area contributed by atoms with Crippen LogP contribution in [0.4, 0.5) is 5.69 Å². The van der Waals surface area contributed by atoms with Gasteiger partial charge in [0, 0.05) is 35.5 Å². The first-order valence-electron chi connectivity index (χ1n) is 13.5. The summed E-state index contributed by atoms with van der Waals surface area (Å²) in [6, 6.07) is 10.3. The number of nitrogens with one attached hydrogen (secondary N) is 1. The fourth-order valence-electron chi connectivity index (χ4n) is 5.47. The maximum atomic E-state index is 14.0. The molecule has 1 saturated carbocycles. The molecule has 1 atom stereocenters. The van der Waals surface area contributed by atoms with Crippen molar-refractivity contribution < 1.29 is 18.6 Å². The van der Waals surface area contributed by atoms with Gasteiger partial charge in [0.2, 0.25) is 5.88 Å². The molecule has 0 spiro atoms. The molecule has 2 aliphatic heterocycles. The molecule has 9 nitrogen and oxygen atoms in total. The van der Waals surface area contributed by atoms with Crippen molar-refractivity contribution in [2.24, 2.45) is 10.7 Å². The number of carbonyl (C=O) groups excluding carboxylic acids is 1. The van der Waals surface area contributed by atoms with Gasteiger partial charge in [0.15, 0.2) is 0 Å². The zero-order chi connectivity index (χ0) is 28.2. The maximum absolute atomic E-state index is 14.0. The molecule has 1 aliphatic carbocycles. The predicted molar refractivity (Wildman–Crippen MR) is 158 cm³/mol. The average Bonchev–Trinajstić information content (AvgIpc) is 3.43. The van der Waals surface area contributed by atoms with E-state index >= 15 is 0 Å². The number of aromatic nitrogens is 1. The number of amides is 1. The summed E-state index contributed by atoms with van der Waals surface area (Å²) in [7, 11) is -1.94. The molecule has 1 fully saturated rings. The summed E-state index contributed by atoms with van der Waals surface area (Å²) >= 11 is 0. The monoisotopic (exact) mass is 553 g/mol. The summed E-state index contributed by atoms with van der Waals surface area (Å²) in [4.78, 5) is 25.4. The number of carbonyl (C=O) groups is 1. The van der Waals surface area contributed by atoms with Gasteiger partial charge in [-0.3, -0.25) is 18.6 Å². The van der Waals surface area contributed by atoms with Gasteiger partial charge in [0.05, 0.1) is 23.9 Å². The molecular weight excluding hydrogens is 514 g/mol. The first kappa shape index (κ1) is 28.7. The minimum absolute atomic E-state index is 0.0542. The molecule has 39 heavy (non-hydrogen) atoms. The summed E-state index contributed by atoms with van der Waals surface area (Å²) in [6.07, 6.45) is 9.02. The first-order valence-corrected chi connectivity index (χ1v) is 15.1. The van der Waals surface area contributed by atoms with Gasteiger partial charge < -0.3 is 15.4 Å². The zero-order valence-corrected chi connectivity index (χ0v) is 23.9. The molecule has 2 aromatic rings. The van der Waals surface area contributed by atoms with E-state index in [4.69, 9.17) is 10.5 Å². The average molecular weight is 554 g/mol. The lowest BCUT2D eigenvalue weighted by molar-refractivity contribution is -0.129. The first-order chi connectivity index (χ1) is 18.8. The standard InChI is InChI=1S/C27H33N5O4S.C2H6/c1-17-21-15-22(27(33)32(19-8-6-7-9-19)24(21)12-13-25(28)30-17)18-14-23(26(36-2)29-16-18)31-37(34,35)20-10-4-3-5-11-20;1-2/h3-5,10-11,14-16,19,24,31,34-35H,6-9,12-13H2,1-2H3,(H2,28,30);1-2H3. The van der Waals surface area contributed by atoms with Crippen molar-refractivity contribution in [1.82, 2.24) is 9.88 Å². The van der Waals surface area contributed by atoms with Crippen LogP contribution in [-0.4, -0.2) is 49.9 Å². The lowest BCUT2D eigenvalue weighted by Crippen LogP contribution is -2.49. The SMILES string of the molecule is CC.COc1ncc(C2=CC3=C(C)N=C(N)CCC3N(C3CCCC3)C2=O)cc1NS(O)(O)c1ccccc1. The summed E-state index contributed by atoms with van der Waals surface area (Å²) in [6.45, 7) is 5.94. The van der Waals surface area contributed by atoms with Crippen molar-refractivity contribution in [1.29, 1.82) is 0 Å². The lowest BCUT2D eigenvalue weighted by Gasteiger charge is -2.41. The normalized spacial score (nSPS) is 20.3. The number of aliphatic imine (C=N–C) groups is 1. The molecule has 1 unspecified atom stereocenters. The van der Waals surface area contributed by atoms with E-state index < -0.39 is 10.8 Å². The highest BCUT2D eigenvalue weighted by Gasteiger charge is 2.40. The van der Waals surface area contributed by atoms with Crippen LogP contribution in [0.15, 0.2) is 69.8 Å². The number of nitrogens with two attached hydrogens (primary N) is 1. The Kier molecular flexibility index (Phi) is 8.99. The fraction of sp³-hybridized carbons (Fsp3) is 0.414. The fourth-order valence-corrected chi connectivity index (χ4v) is 6.58. The Bertz CT molecular complexity index is 1290. The van der Waals surface area contributed by atoms with Crippen LogP contribution >= 0.6 is 10.8 Å². The second-order valence-electron chi connectivity index (χ2n) is 9.65. The second kappa shape index (κ2) is 12.2. The van der Waals surface area contributed by atoms with Gasteiger partial charge in [0.25, 0.3) is 5.91 Å². The molecule has 1 amide bonds. The van der Waals surface area contributed by atoms with Crippen molar-refractivity contribution >= 4 is 33.8 Å². The van der Waals surface area contributed by atoms with E-state index in [9.17, 15) is 13.9 Å². The van der Waals surface area contributed by atoms with Crippen LogP contribution in [0.5, 0.6) is 5.88 Å². The van der Waals surface area contributed by atoms with Gasteiger partial charge in [-0.05, 0) is 56.0 Å². The number of hydrogen-bond donors (Lipinski definition) is 4. The largest absolute Gasteiger partial charge is 0.479 e. The highest BCUT2D eigenvalue weighted by Crippen LogP contribution is 2.49. The van der Waals surface area contributed by atoms with Crippen molar-refractivity contribution in [2.45, 2.75) is 76.3 Å². The third-order valence-corrected chi connectivity index (χ3v) is 8.69. The topological polar surface area (TPSA) is 133 Å². The molecular formula is C29H39N5O4S. The Hall–Kier alpha value is -3.34. The highest BCUT2D eigenvalue weighted by atomic mass is 32.3. The molecule has 1 aromatic carbocycles. The zero-order valence-electron chi connectivity index (χ0n) is 23.1. The molecule has 0 saturated heterocycles. The van der Waals surface area contributed by atoms with Gasteiger partial charge in [-0.1, -0.05) is 55.7 Å². The van der Waals surface area contributed by atoms with E-state index in [-0.39, 0.29) is 29.6 Å². The van der Waals surface area contributed by atoms with Gasteiger partial charge >= 0.3 is 0 Å². The van der Waals surface area contributed by atoms with Crippen LogP contribution in [0.25, 0.3) is 5.57 Å². The van der Waals surface area contributed by atoms with Crippen LogP contribution in [-0.2, 0) is 4.79 Å². The third kappa shape index (κ3) is 5.98. The molecule has 0 radical (unpaired) electrons. The molecule has 210 valence electrons. The summed E-state index contributed by atoms with van der Waals surface area (Å²) in [5.41, 5.74) is 9.25. The summed E-state index contributed by atoms with van der Waals surface area (Å²) in [5, 5.41) is 0. The molecule has 3 aliphatic rings. The predicted octanol–water partition coefficient (Wildman–Crippen LogP) is 6.21. The van der Waals surface area contributed by atoms with Gasteiger partial charge in [0.1, 0.15) is 5.69 Å². The van der Waals surface area contributed by atoms with E-state index in [2.05, 4.69) is 14.7 Å². The number of methoxy groups -OCH3 is 1. The van der Waals surface area contributed by atoms with Crippen molar-refractivity contribution in [3.63, 3.8) is 0 Å². The number of rotatable bonds is 6. The number of pyridine rings is 1. The van der Waals surface area contributed by atoms with Crippen LogP contribution in [0.2, 0.25) is 0 Å². The summed E-state index contributed by atoms with van der Waals surface area (Å²) in [5.74, 6) is 0.717. The van der Waals surface area contributed by atoms with Gasteiger partial charge in [-0.25, -0.2) is 9.98 Å². The minimum Gasteiger partial charge on any atom is -0.479 e. The Morgan fingerprint density at radius 3 is 2.49 bits per heavy atom. The van der Waals surface area contributed by atoms with Crippen LogP contribution in [0.3, 0.4) is 0 Å². The number of anilines is 1. The molecule has 1 aromatic heterocycles. The summed E-state index contributed by atoms with van der Waals surface area (Å²) < 4.78 is 29.9. The van der Waals surface area contributed by atoms with Gasteiger partial charge in [-0.15, -0.1) is 0 Å². The number of fused-ring (bicyclic) bond motifs is 1. The van der Waals surface area contributed by atoms with Crippen molar-refractivity contribution in [3.05, 3.63) is 65.5 Å². The smallest absolute Gasteiger partial charge is 0.255 e. The van der Waals surface area contributed by atoms with Gasteiger partial charge in [-0.2, -0.15) is 0 Å². The molecule has 0 bridgehead atoms. The molecule has 5 rings (SSSR count). The van der Waals surface area contributed by atoms with Crippen molar-refractivity contribution in [3.8, 4) is 5.88 Å². The van der Waals surface area contributed by atoms with E-state index in [1.165, 1.54) is 7.11 Å². The number of nitrogens with zero attached hydrogens (tertiary/aromatic N) is 3. The Balaban J connectivity index is 0.00000172. The lowest BCUT2D eigenvalue weighted by atomic mass is 9.88. The van der Waals surface area contributed by atoms with Crippen LogP contribution in [0.1, 0.15) is 64.9 Å². The quantitative estimate of drug-likeness (QED) is 0.334. The second-order valence-corrected chi connectivity index (χ2v) is 11.4. The Labute approximate surface area is 232 Å². The van der Waals surface area contributed by atoms with Crippen LogP contribution < -0.4 is 15.2 Å². The van der Waals surface area contributed by atoms with Crippen molar-refractivity contribution in [2.75, 3.05) is 11.8 Å². The Morgan fingerprint density at radius 1 is 1.13 bits per heavy atom. The number of benzene rings is 1. The van der Waals surface area contributed by atoms with E-state index in [1.54, 1.807) is 42.6 Å². The number of allylic oxidation sites excluding steroid dienone is 1. The van der Waals surface area contributed by atoms with E-state index in [0.29, 0.717) is 28.3 Å². The Morgan fingerprint density at radius 2 is 1.82 bits per heavy atom. The maximum Gasteiger partial charge on any atom is 0.255 e. The molecule has 5 N–H and O–H groups in total. The number of amidine groups is 1.